The van der Waals surface area contributed by atoms with Gasteiger partial charge in [-0.1, -0.05) is 33.6 Å². The molecule has 1 N–H and O–H groups in total. The summed E-state index contributed by atoms with van der Waals surface area (Å²) in [4.78, 5) is 55.3. The van der Waals surface area contributed by atoms with Crippen LogP contribution in [0.25, 0.3) is 0 Å². The molecule has 1 heterocycles. The number of Topliss-reactive ketones (excluding diaryl/α,β-unsaturated/α-hetero) is 1. The highest BCUT2D eigenvalue weighted by molar-refractivity contribution is 9.10. The highest BCUT2D eigenvalue weighted by Crippen LogP contribution is 2.55. The average Bonchev–Trinajstić information content (AvgIpc) is 3.16. The fourth-order valence-electron chi connectivity index (χ4n) is 6.49. The van der Waals surface area contributed by atoms with Crippen molar-refractivity contribution in [2.24, 2.45) is 17.8 Å². The molecular weight excluding hydrogens is 550 g/mol. The van der Waals surface area contributed by atoms with E-state index in [-0.39, 0.29) is 41.3 Å². The summed E-state index contributed by atoms with van der Waals surface area (Å²) in [5.74, 6) is -3.04. The standard InChI is InChI=1S/C30H24BrNO6/c1-14-11-23(34)27-21(28(14)35)13-20-18(25(27)15-3-10-24(38-2)22(33)12-15)8-9-19-26(20)30(37)32(29(19)36)17-6-4-16(31)5-7-17/h3-8,10-12,19-20,25-26,33H,9,13H2,1-2H3/t19-,20+,25-,26-/m0/s1. The third-order valence-corrected chi connectivity index (χ3v) is 8.71. The summed E-state index contributed by atoms with van der Waals surface area (Å²) in [5, 5.41) is 10.5. The molecule has 4 atom stereocenters. The predicted octanol–water partition coefficient (Wildman–Crippen LogP) is 4.80. The maximum absolute atomic E-state index is 13.9. The van der Waals surface area contributed by atoms with Crippen LogP contribution in [0, 0.1) is 17.8 Å². The Balaban J connectivity index is 1.48. The Hall–Kier alpha value is -3.78. The summed E-state index contributed by atoms with van der Waals surface area (Å²) in [6.07, 6.45) is 3.89. The van der Waals surface area contributed by atoms with Gasteiger partial charge in [-0.2, -0.15) is 0 Å². The first-order chi connectivity index (χ1) is 18.2. The van der Waals surface area contributed by atoms with Crippen molar-refractivity contribution < 1.29 is 29.0 Å². The second-order valence-electron chi connectivity index (χ2n) is 10.1. The summed E-state index contributed by atoms with van der Waals surface area (Å²) in [7, 11) is 1.45. The Morgan fingerprint density at radius 3 is 2.42 bits per heavy atom. The zero-order valence-corrected chi connectivity index (χ0v) is 22.3. The molecule has 0 spiro atoms. The normalized spacial score (nSPS) is 26.6. The number of phenolic OH excluding ortho intramolecular Hbond substituents is 1. The van der Waals surface area contributed by atoms with E-state index in [0.717, 1.165) is 10.0 Å². The van der Waals surface area contributed by atoms with Crippen LogP contribution in [-0.2, 0) is 19.2 Å². The van der Waals surface area contributed by atoms with Crippen LogP contribution in [-0.4, -0.2) is 35.6 Å². The SMILES string of the molecule is COc1ccc([C@H]2C3=CC[C@@H]4C(=O)N(c5ccc(Br)cc5)C(=O)[C@@H]4[C@@H]3CC3=C2C(=O)C=C(C)C3=O)cc1O. The number of anilines is 1. The number of phenols is 1. The number of benzene rings is 2. The summed E-state index contributed by atoms with van der Waals surface area (Å²) in [6, 6.07) is 12.0. The number of nitrogens with zero attached hydrogens (tertiary/aromatic N) is 1. The van der Waals surface area contributed by atoms with Crippen molar-refractivity contribution >= 4 is 45.0 Å². The second kappa shape index (κ2) is 8.91. The van der Waals surface area contributed by atoms with Gasteiger partial charge in [-0.3, -0.25) is 24.1 Å². The van der Waals surface area contributed by atoms with Gasteiger partial charge in [0, 0.05) is 27.1 Å². The topological polar surface area (TPSA) is 101 Å². The molecule has 0 bridgehead atoms. The Labute approximate surface area is 227 Å². The minimum absolute atomic E-state index is 0.0848. The Morgan fingerprint density at radius 2 is 1.74 bits per heavy atom. The fraction of sp³-hybridized carbons (Fsp3) is 0.267. The molecule has 4 aliphatic rings. The van der Waals surface area contributed by atoms with E-state index in [9.17, 15) is 24.3 Å². The fourth-order valence-corrected chi connectivity index (χ4v) is 6.76. The van der Waals surface area contributed by atoms with E-state index in [1.807, 2.05) is 6.08 Å². The molecule has 2 aromatic rings. The number of fused-ring (bicyclic) bond motifs is 3. The van der Waals surface area contributed by atoms with Gasteiger partial charge in [0.05, 0.1) is 24.6 Å². The lowest BCUT2D eigenvalue weighted by Crippen LogP contribution is -2.39. The monoisotopic (exact) mass is 573 g/mol. The molecule has 6 rings (SSSR count). The number of halogens is 1. The molecule has 2 amide bonds. The van der Waals surface area contributed by atoms with E-state index in [2.05, 4.69) is 15.9 Å². The zero-order valence-electron chi connectivity index (χ0n) is 20.7. The number of ether oxygens (including phenoxy) is 1. The maximum Gasteiger partial charge on any atom is 0.238 e. The number of ketones is 2. The first-order valence-electron chi connectivity index (χ1n) is 12.4. The lowest BCUT2D eigenvalue weighted by Gasteiger charge is -2.42. The van der Waals surface area contributed by atoms with Crippen LogP contribution in [0.15, 0.2) is 81.4 Å². The third-order valence-electron chi connectivity index (χ3n) is 8.18. The van der Waals surface area contributed by atoms with E-state index in [1.165, 1.54) is 18.1 Å². The molecule has 1 fully saturated rings. The van der Waals surface area contributed by atoms with Gasteiger partial charge in [0.25, 0.3) is 0 Å². The van der Waals surface area contributed by atoms with Crippen molar-refractivity contribution in [3.8, 4) is 11.5 Å². The lowest BCUT2D eigenvalue weighted by molar-refractivity contribution is -0.123. The third kappa shape index (κ3) is 3.54. The summed E-state index contributed by atoms with van der Waals surface area (Å²) < 4.78 is 6.03. The van der Waals surface area contributed by atoms with Crippen molar-refractivity contribution in [3.63, 3.8) is 0 Å². The van der Waals surface area contributed by atoms with Crippen LogP contribution in [0.5, 0.6) is 11.5 Å². The van der Waals surface area contributed by atoms with E-state index in [4.69, 9.17) is 4.74 Å². The van der Waals surface area contributed by atoms with Crippen LogP contribution >= 0.6 is 15.9 Å². The Kier molecular flexibility index (Phi) is 5.76. The molecule has 1 aliphatic heterocycles. The number of aromatic hydroxyl groups is 1. The van der Waals surface area contributed by atoms with E-state index < -0.39 is 23.7 Å². The summed E-state index contributed by atoms with van der Waals surface area (Å²) in [5.41, 5.74) is 3.10. The van der Waals surface area contributed by atoms with Gasteiger partial charge in [0.15, 0.2) is 23.1 Å². The Morgan fingerprint density at radius 1 is 1.00 bits per heavy atom. The van der Waals surface area contributed by atoms with E-state index >= 15 is 0 Å². The zero-order chi connectivity index (χ0) is 26.9. The largest absolute Gasteiger partial charge is 0.504 e. The highest BCUT2D eigenvalue weighted by Gasteiger charge is 2.56. The first-order valence-corrected chi connectivity index (χ1v) is 13.2. The first kappa shape index (κ1) is 24.6. The quantitative estimate of drug-likeness (QED) is 0.321. The number of rotatable bonds is 3. The smallest absolute Gasteiger partial charge is 0.238 e. The molecule has 0 unspecified atom stereocenters. The van der Waals surface area contributed by atoms with Gasteiger partial charge < -0.3 is 9.84 Å². The second-order valence-corrected chi connectivity index (χ2v) is 11.1. The van der Waals surface area contributed by atoms with Gasteiger partial charge in [0.1, 0.15) is 0 Å². The lowest BCUT2D eigenvalue weighted by atomic mass is 9.59. The van der Waals surface area contributed by atoms with Gasteiger partial charge in [-0.25, -0.2) is 0 Å². The minimum Gasteiger partial charge on any atom is -0.504 e. The molecule has 192 valence electrons. The van der Waals surface area contributed by atoms with Gasteiger partial charge in [-0.15, -0.1) is 0 Å². The number of amides is 2. The van der Waals surface area contributed by atoms with Crippen molar-refractivity contribution in [1.29, 1.82) is 0 Å². The van der Waals surface area contributed by atoms with E-state index in [1.54, 1.807) is 49.4 Å². The molecule has 1 saturated heterocycles. The molecule has 7 nitrogen and oxygen atoms in total. The highest BCUT2D eigenvalue weighted by atomic mass is 79.9. The summed E-state index contributed by atoms with van der Waals surface area (Å²) in [6.45, 7) is 1.62. The van der Waals surface area contributed by atoms with Gasteiger partial charge in [0.2, 0.25) is 11.8 Å². The molecule has 2 aromatic carbocycles. The number of allylic oxidation sites excluding steroid dienone is 6. The number of carbonyl (C=O) groups excluding carboxylic acids is 4. The maximum atomic E-state index is 13.9. The van der Waals surface area contributed by atoms with Crippen molar-refractivity contribution in [2.75, 3.05) is 12.0 Å². The van der Waals surface area contributed by atoms with Crippen molar-refractivity contribution in [3.05, 3.63) is 86.9 Å². The number of hydrogen-bond acceptors (Lipinski definition) is 6. The molecule has 8 heteroatoms. The average molecular weight is 574 g/mol. The summed E-state index contributed by atoms with van der Waals surface area (Å²) >= 11 is 3.39. The van der Waals surface area contributed by atoms with Crippen LogP contribution in [0.4, 0.5) is 5.69 Å². The van der Waals surface area contributed by atoms with Crippen LogP contribution in [0.2, 0.25) is 0 Å². The van der Waals surface area contributed by atoms with Crippen molar-refractivity contribution in [1.82, 2.24) is 0 Å². The number of methoxy groups -OCH3 is 1. The molecular formula is C30H24BrNO6. The van der Waals surface area contributed by atoms with Gasteiger partial charge >= 0.3 is 0 Å². The van der Waals surface area contributed by atoms with Gasteiger partial charge in [-0.05, 0) is 73.7 Å². The molecule has 0 aromatic heterocycles. The molecule has 0 radical (unpaired) electrons. The number of imide groups is 1. The molecule has 3 aliphatic carbocycles. The molecule has 0 saturated carbocycles. The molecule has 38 heavy (non-hydrogen) atoms. The predicted molar refractivity (Wildman–Crippen MR) is 143 cm³/mol. The van der Waals surface area contributed by atoms with Crippen molar-refractivity contribution in [2.45, 2.75) is 25.7 Å². The number of hydrogen-bond donors (Lipinski definition) is 1. The Bertz CT molecular complexity index is 1530. The van der Waals surface area contributed by atoms with Crippen LogP contribution in [0.3, 0.4) is 0 Å². The minimum atomic E-state index is -0.649. The van der Waals surface area contributed by atoms with Crippen LogP contribution < -0.4 is 9.64 Å². The van der Waals surface area contributed by atoms with Crippen LogP contribution in [0.1, 0.15) is 31.2 Å². The number of carbonyl (C=O) groups is 4. The van der Waals surface area contributed by atoms with E-state index in [0.29, 0.717) is 34.4 Å².